The van der Waals surface area contributed by atoms with Gasteiger partial charge in [0.25, 0.3) is 5.56 Å². The molecule has 4 aliphatic rings. The van der Waals surface area contributed by atoms with Gasteiger partial charge < -0.3 is 25.0 Å². The highest BCUT2D eigenvalue weighted by Gasteiger charge is 2.36. The molecule has 4 aromatic rings. The zero-order chi connectivity index (χ0) is 29.3. The number of aromatic nitrogens is 3. The first kappa shape index (κ1) is 22.9. The van der Waals surface area contributed by atoms with Crippen molar-refractivity contribution >= 4 is 27.5 Å². The van der Waals surface area contributed by atoms with E-state index in [1.54, 1.807) is 6.07 Å². The van der Waals surface area contributed by atoms with Crippen LogP contribution in [-0.2, 0) is 0 Å². The van der Waals surface area contributed by atoms with Gasteiger partial charge in [0.2, 0.25) is 0 Å². The number of anilines is 1. The van der Waals surface area contributed by atoms with Crippen LogP contribution < -0.4 is 20.5 Å². The summed E-state index contributed by atoms with van der Waals surface area (Å²) in [4.78, 5) is 27.2. The zero-order valence-electron chi connectivity index (χ0n) is 23.9. The molecule has 11 heteroatoms. The van der Waals surface area contributed by atoms with Crippen LogP contribution in [0.15, 0.2) is 41.3 Å². The Labute approximate surface area is 231 Å². The molecule has 2 aromatic carbocycles. The summed E-state index contributed by atoms with van der Waals surface area (Å²) >= 11 is 0. The average molecular weight is 551 g/mol. The molecule has 4 saturated heterocycles. The minimum atomic E-state index is -2.13. The monoisotopic (exact) mass is 550 g/mol. The van der Waals surface area contributed by atoms with Gasteiger partial charge in [0.05, 0.1) is 13.8 Å². The van der Waals surface area contributed by atoms with Gasteiger partial charge in [0.1, 0.15) is 23.6 Å². The van der Waals surface area contributed by atoms with E-state index in [2.05, 4.69) is 20.2 Å². The van der Waals surface area contributed by atoms with Gasteiger partial charge >= 0.3 is 6.01 Å². The van der Waals surface area contributed by atoms with Gasteiger partial charge in [-0.15, -0.1) is 0 Å². The molecule has 3 atom stereocenters. The van der Waals surface area contributed by atoms with Crippen molar-refractivity contribution in [3.05, 3.63) is 58.5 Å². The number of fused-ring (bicyclic) bond motifs is 5. The van der Waals surface area contributed by atoms with Gasteiger partial charge in [0.15, 0.2) is 11.6 Å². The predicted molar refractivity (Wildman–Crippen MR) is 148 cm³/mol. The average Bonchev–Trinajstić information content (AvgIpc) is 3.42. The van der Waals surface area contributed by atoms with Crippen LogP contribution in [-0.4, -0.2) is 75.9 Å². The topological polar surface area (TPSA) is 95.8 Å². The van der Waals surface area contributed by atoms with E-state index < -0.39 is 29.8 Å². The molecular formula is C29H30F2N6O3. The fraction of sp³-hybridized carbons (Fsp3) is 0.414. The van der Waals surface area contributed by atoms with Crippen LogP contribution in [0.5, 0.6) is 11.8 Å². The lowest BCUT2D eigenvalue weighted by Gasteiger charge is -2.46. The first-order valence-electron chi connectivity index (χ1n) is 14.5. The molecule has 0 amide bonds. The quantitative estimate of drug-likeness (QED) is 0.391. The maximum atomic E-state index is 15.1. The van der Waals surface area contributed by atoms with Crippen molar-refractivity contribution in [1.29, 1.82) is 0 Å². The van der Waals surface area contributed by atoms with Gasteiger partial charge in [-0.25, -0.2) is 8.78 Å². The van der Waals surface area contributed by atoms with Crippen LogP contribution in [0.3, 0.4) is 0 Å². The summed E-state index contributed by atoms with van der Waals surface area (Å²) in [6, 6.07) is 6.00. The number of hydrogen-bond donors (Lipinski definition) is 2. The number of aromatic hydroxyl groups is 1. The van der Waals surface area contributed by atoms with Gasteiger partial charge in [-0.3, -0.25) is 9.36 Å². The molecule has 6 heterocycles. The van der Waals surface area contributed by atoms with Crippen molar-refractivity contribution < 1.29 is 21.4 Å². The minimum absolute atomic E-state index is 0.0549. The third-order valence-corrected chi connectivity index (χ3v) is 8.37. The number of hydrogen-bond acceptors (Lipinski definition) is 8. The number of benzene rings is 2. The van der Waals surface area contributed by atoms with Crippen molar-refractivity contribution in [2.75, 3.05) is 38.1 Å². The highest BCUT2D eigenvalue weighted by Crippen LogP contribution is 2.34. The van der Waals surface area contributed by atoms with Crippen molar-refractivity contribution in [3.63, 3.8) is 0 Å². The number of ether oxygens (including phenoxy) is 1. The van der Waals surface area contributed by atoms with Gasteiger partial charge in [-0.2, -0.15) is 9.97 Å². The molecule has 2 aromatic heterocycles. The number of rotatable bonds is 5. The summed E-state index contributed by atoms with van der Waals surface area (Å²) in [5, 5.41) is 14.4. The normalized spacial score (nSPS) is 24.1. The van der Waals surface area contributed by atoms with Crippen LogP contribution >= 0.6 is 0 Å². The van der Waals surface area contributed by atoms with Crippen molar-refractivity contribution in [1.82, 2.24) is 24.8 Å². The van der Waals surface area contributed by atoms with E-state index in [1.165, 1.54) is 24.4 Å². The molecule has 0 saturated carbocycles. The van der Waals surface area contributed by atoms with Crippen molar-refractivity contribution in [2.24, 2.45) is 0 Å². The van der Waals surface area contributed by atoms with Gasteiger partial charge in [0, 0.05) is 48.9 Å². The number of nitrogens with zero attached hydrogens (tertiary/aromatic N) is 5. The molecule has 40 heavy (non-hydrogen) atoms. The number of likely N-dealkylation sites (N-methyl/N-ethyl adjacent to an activating group) is 1. The molecule has 0 aliphatic carbocycles. The standard InChI is InChI=1S/C29H30F2N6O3/c1-35-9-2-3-19(35)15-40-29-33-26-21(27(34-29)37-14-17-5-6-18(37)13-32-17)8-10-36(28(26)39)23-12-20(38)11-16-4-7-22(30)25(31)24(16)23/h4,7-8,10-12,17-19,32,38H,2-3,5-6,9,13-15H2,1H3/t17?,18?,19-/m0/s1/i15D2. The summed E-state index contributed by atoms with van der Waals surface area (Å²) in [7, 11) is 1.84. The molecule has 9 nitrogen and oxygen atoms in total. The molecule has 208 valence electrons. The van der Waals surface area contributed by atoms with Crippen molar-refractivity contribution in [2.45, 2.75) is 43.8 Å². The molecule has 2 bridgehead atoms. The lowest BCUT2D eigenvalue weighted by Crippen LogP contribution is -2.61. The Morgan fingerprint density at radius 1 is 1.20 bits per heavy atom. The van der Waals surface area contributed by atoms with E-state index in [1.807, 2.05) is 11.9 Å². The van der Waals surface area contributed by atoms with Crippen molar-refractivity contribution in [3.8, 4) is 17.4 Å². The number of pyridine rings is 1. The van der Waals surface area contributed by atoms with E-state index in [4.69, 9.17) is 7.48 Å². The fourth-order valence-corrected chi connectivity index (χ4v) is 6.24. The highest BCUT2D eigenvalue weighted by molar-refractivity contribution is 5.94. The number of halogens is 2. The Kier molecular flexibility index (Phi) is 5.54. The summed E-state index contributed by atoms with van der Waals surface area (Å²) < 4.78 is 53.7. The summed E-state index contributed by atoms with van der Waals surface area (Å²) in [6.07, 6.45) is 4.82. The molecule has 4 aliphatic heterocycles. The Bertz CT molecular complexity index is 1780. The van der Waals surface area contributed by atoms with E-state index in [0.29, 0.717) is 24.2 Å². The maximum absolute atomic E-state index is 15.1. The molecular weight excluding hydrogens is 518 g/mol. The molecule has 2 N–H and O–H groups in total. The van der Waals surface area contributed by atoms with E-state index in [-0.39, 0.29) is 45.8 Å². The van der Waals surface area contributed by atoms with Crippen LogP contribution in [0.4, 0.5) is 14.6 Å². The second kappa shape index (κ2) is 9.67. The second-order valence-corrected chi connectivity index (χ2v) is 10.9. The Morgan fingerprint density at radius 2 is 2.08 bits per heavy atom. The second-order valence-electron chi connectivity index (χ2n) is 10.9. The lowest BCUT2D eigenvalue weighted by molar-refractivity contribution is 0.188. The fourth-order valence-electron chi connectivity index (χ4n) is 6.24. The third-order valence-electron chi connectivity index (χ3n) is 8.37. The van der Waals surface area contributed by atoms with Gasteiger partial charge in [-0.05, 0) is 62.9 Å². The van der Waals surface area contributed by atoms with Gasteiger partial charge in [-0.1, -0.05) is 6.07 Å². The Balaban J connectivity index is 1.43. The van der Waals surface area contributed by atoms with E-state index in [0.717, 1.165) is 43.0 Å². The summed E-state index contributed by atoms with van der Waals surface area (Å²) in [5.41, 5.74) is -0.785. The number of piperazine rings is 1. The molecule has 8 rings (SSSR count). The molecule has 0 spiro atoms. The zero-order valence-corrected chi connectivity index (χ0v) is 21.9. The first-order valence-corrected chi connectivity index (χ1v) is 13.5. The number of likely N-dealkylation sites (tertiary alicyclic amines) is 1. The third kappa shape index (κ3) is 4.15. The lowest BCUT2D eigenvalue weighted by atomic mass is 9.93. The van der Waals surface area contributed by atoms with E-state index >= 15 is 4.39 Å². The molecule has 2 unspecified atom stereocenters. The molecule has 4 fully saturated rings. The minimum Gasteiger partial charge on any atom is -0.508 e. The maximum Gasteiger partial charge on any atom is 0.319 e. The Morgan fingerprint density at radius 3 is 2.80 bits per heavy atom. The predicted octanol–water partition coefficient (Wildman–Crippen LogP) is 3.33. The highest BCUT2D eigenvalue weighted by atomic mass is 19.2. The van der Waals surface area contributed by atoms with Crippen LogP contribution in [0, 0.1) is 11.6 Å². The number of nitrogens with one attached hydrogen (secondary N) is 1. The van der Waals surface area contributed by atoms with Crippen LogP contribution in [0.1, 0.15) is 28.4 Å². The van der Waals surface area contributed by atoms with Crippen LogP contribution in [0.2, 0.25) is 0 Å². The smallest absolute Gasteiger partial charge is 0.319 e. The SMILES string of the molecule is [2H]C([2H])(Oc1nc(N2CC3CCC2CN3)c2ccn(-c3cc(O)cc4ccc(F)c(F)c34)c(=O)c2n1)[C@@H]1CCCN1C. The van der Waals surface area contributed by atoms with Crippen LogP contribution in [0.25, 0.3) is 27.4 Å². The number of piperidine rings is 2. The van der Waals surface area contributed by atoms with E-state index in [9.17, 15) is 14.3 Å². The summed E-state index contributed by atoms with van der Waals surface area (Å²) in [6.45, 7) is 0.00592. The first-order chi connectivity index (χ1) is 20.1. The number of phenols is 1. The Hall–Kier alpha value is -3.83. The summed E-state index contributed by atoms with van der Waals surface area (Å²) in [5.74, 6) is -2.00. The largest absolute Gasteiger partial charge is 0.508 e. The molecule has 0 radical (unpaired) electrons. The number of phenolic OH excluding ortho intramolecular Hbond substituents is 1.